The van der Waals surface area contributed by atoms with Gasteiger partial charge < -0.3 is 5.32 Å². The van der Waals surface area contributed by atoms with Crippen LogP contribution in [0.25, 0.3) is 27.8 Å². The molecule has 0 spiro atoms. The lowest BCUT2D eigenvalue weighted by Gasteiger charge is -2.13. The monoisotopic (exact) mass is 538 g/mol. The quantitative estimate of drug-likeness (QED) is 0.196. The molecule has 10 heteroatoms. The number of para-hydroxylation sites is 1. The number of hydrogen-bond acceptors (Lipinski definition) is 6. The van der Waals surface area contributed by atoms with Crippen molar-refractivity contribution in [2.75, 3.05) is 11.1 Å². The van der Waals surface area contributed by atoms with Gasteiger partial charge in [0, 0.05) is 10.9 Å². The second kappa shape index (κ2) is 10.2. The minimum Gasteiger partial charge on any atom is -0.301 e. The summed E-state index contributed by atoms with van der Waals surface area (Å²) in [7, 11) is 0. The van der Waals surface area contributed by atoms with Crippen LogP contribution in [0.3, 0.4) is 0 Å². The summed E-state index contributed by atoms with van der Waals surface area (Å²) in [5.41, 5.74) is 2.57. The lowest BCUT2D eigenvalue weighted by atomic mass is 10.2. The molecule has 0 saturated heterocycles. The van der Waals surface area contributed by atoms with Crippen LogP contribution in [0.4, 0.5) is 5.13 Å². The Bertz CT molecular complexity index is 1600. The van der Waals surface area contributed by atoms with Crippen LogP contribution in [0.5, 0.6) is 0 Å². The lowest BCUT2D eigenvalue weighted by molar-refractivity contribution is -0.113. The molecule has 0 aliphatic carbocycles. The van der Waals surface area contributed by atoms with Crippen LogP contribution in [-0.2, 0) is 4.79 Å². The molecule has 3 aromatic carbocycles. The van der Waals surface area contributed by atoms with E-state index in [2.05, 4.69) is 15.3 Å². The minimum atomic E-state index is -0.260. The maximum Gasteiger partial charge on any atom is 0.266 e. The molecule has 35 heavy (non-hydrogen) atoms. The van der Waals surface area contributed by atoms with Crippen LogP contribution in [0.1, 0.15) is 0 Å². The third-order valence-corrected chi connectivity index (χ3v) is 7.49. The number of thiazole rings is 1. The predicted molar refractivity (Wildman–Crippen MR) is 144 cm³/mol. The zero-order valence-corrected chi connectivity index (χ0v) is 21.1. The van der Waals surface area contributed by atoms with E-state index >= 15 is 0 Å². The smallest absolute Gasteiger partial charge is 0.266 e. The van der Waals surface area contributed by atoms with E-state index in [4.69, 9.17) is 23.2 Å². The van der Waals surface area contributed by atoms with E-state index in [-0.39, 0.29) is 17.2 Å². The zero-order chi connectivity index (χ0) is 24.4. The fourth-order valence-corrected chi connectivity index (χ4v) is 5.26. The Hall–Kier alpha value is -3.17. The van der Waals surface area contributed by atoms with E-state index in [0.29, 0.717) is 36.9 Å². The number of nitrogens with one attached hydrogen (secondary N) is 1. The van der Waals surface area contributed by atoms with Crippen LogP contribution in [-0.4, -0.2) is 26.2 Å². The summed E-state index contributed by atoms with van der Waals surface area (Å²) < 4.78 is 1.44. The van der Waals surface area contributed by atoms with Gasteiger partial charge in [0.2, 0.25) is 5.91 Å². The second-order valence-corrected chi connectivity index (χ2v) is 10.0. The van der Waals surface area contributed by atoms with E-state index < -0.39 is 0 Å². The molecule has 0 saturated carbocycles. The standard InChI is InChI=1S/C25H16Cl2N4O2S2/c26-18-11-10-16(12-19(18)27)31-23(33)17-8-4-5-9-20(17)29-25(31)35-14-22(32)30-24-28-21(13-34-24)15-6-2-1-3-7-15/h1-13H,14H2,(H,28,30,32). The van der Waals surface area contributed by atoms with Crippen molar-refractivity contribution in [3.63, 3.8) is 0 Å². The maximum absolute atomic E-state index is 13.3. The van der Waals surface area contributed by atoms with Crippen molar-refractivity contribution in [1.29, 1.82) is 0 Å². The molecule has 1 amide bonds. The average molecular weight is 539 g/mol. The Labute approximate surface area is 218 Å². The van der Waals surface area contributed by atoms with Gasteiger partial charge in [0.05, 0.1) is 38.1 Å². The third-order valence-electron chi connectivity index (χ3n) is 5.06. The first-order valence-corrected chi connectivity index (χ1v) is 13.0. The number of benzene rings is 3. The highest BCUT2D eigenvalue weighted by molar-refractivity contribution is 7.99. The van der Waals surface area contributed by atoms with E-state index in [1.807, 2.05) is 41.8 Å². The average Bonchev–Trinajstić information content (AvgIpc) is 3.34. The predicted octanol–water partition coefficient (Wildman–Crippen LogP) is 6.55. The fraction of sp³-hybridized carbons (Fsp3) is 0.0400. The summed E-state index contributed by atoms with van der Waals surface area (Å²) in [5.74, 6) is -0.223. The van der Waals surface area contributed by atoms with Gasteiger partial charge in [-0.1, -0.05) is 77.4 Å². The molecule has 6 nitrogen and oxygen atoms in total. The fourth-order valence-electron chi connectivity index (χ4n) is 3.42. The highest BCUT2D eigenvalue weighted by atomic mass is 35.5. The molecule has 0 unspecified atom stereocenters. The van der Waals surface area contributed by atoms with Crippen molar-refractivity contribution in [3.05, 3.63) is 98.6 Å². The highest BCUT2D eigenvalue weighted by Gasteiger charge is 2.16. The molecule has 174 valence electrons. The summed E-state index contributed by atoms with van der Waals surface area (Å²) in [6.07, 6.45) is 0. The minimum absolute atomic E-state index is 0.0341. The number of anilines is 1. The van der Waals surface area contributed by atoms with Gasteiger partial charge in [-0.15, -0.1) is 11.3 Å². The highest BCUT2D eigenvalue weighted by Crippen LogP contribution is 2.28. The molecule has 0 aliphatic rings. The van der Waals surface area contributed by atoms with Gasteiger partial charge in [-0.25, -0.2) is 9.97 Å². The van der Waals surface area contributed by atoms with Crippen LogP contribution in [0.15, 0.2) is 88.1 Å². The number of rotatable bonds is 6. The first kappa shape index (κ1) is 23.6. The van der Waals surface area contributed by atoms with Crippen LogP contribution in [0.2, 0.25) is 10.0 Å². The summed E-state index contributed by atoms with van der Waals surface area (Å²) in [5, 5.41) is 6.74. The topological polar surface area (TPSA) is 76.9 Å². The van der Waals surface area contributed by atoms with Gasteiger partial charge in [0.25, 0.3) is 5.56 Å². The molecule has 0 fully saturated rings. The van der Waals surface area contributed by atoms with E-state index in [1.54, 1.807) is 36.4 Å². The molecule has 0 bridgehead atoms. The van der Waals surface area contributed by atoms with Gasteiger partial charge in [-0.2, -0.15) is 0 Å². The number of amides is 1. The molecule has 0 radical (unpaired) electrons. The number of thioether (sulfide) groups is 1. The molecular formula is C25H16Cl2N4O2S2. The number of carbonyl (C=O) groups excluding carboxylic acids is 1. The van der Waals surface area contributed by atoms with Crippen molar-refractivity contribution in [3.8, 4) is 16.9 Å². The van der Waals surface area contributed by atoms with Crippen molar-refractivity contribution >= 4 is 68.2 Å². The van der Waals surface area contributed by atoms with Crippen molar-refractivity contribution < 1.29 is 4.79 Å². The molecule has 2 aromatic heterocycles. The van der Waals surface area contributed by atoms with Gasteiger partial charge >= 0.3 is 0 Å². The van der Waals surface area contributed by atoms with Crippen LogP contribution in [0, 0.1) is 0 Å². The molecule has 5 aromatic rings. The SMILES string of the molecule is O=C(CSc1nc2ccccc2c(=O)n1-c1ccc(Cl)c(Cl)c1)Nc1nc(-c2ccccc2)cs1. The van der Waals surface area contributed by atoms with E-state index in [9.17, 15) is 9.59 Å². The number of fused-ring (bicyclic) bond motifs is 1. The summed E-state index contributed by atoms with van der Waals surface area (Å²) in [6.45, 7) is 0. The maximum atomic E-state index is 13.3. The number of carbonyl (C=O) groups is 1. The van der Waals surface area contributed by atoms with Crippen molar-refractivity contribution in [1.82, 2.24) is 14.5 Å². The Balaban J connectivity index is 1.41. The second-order valence-electron chi connectivity index (χ2n) is 7.39. The zero-order valence-electron chi connectivity index (χ0n) is 17.9. The molecule has 0 atom stereocenters. The lowest BCUT2D eigenvalue weighted by Crippen LogP contribution is -2.23. The summed E-state index contributed by atoms with van der Waals surface area (Å²) in [6, 6.07) is 21.7. The number of aromatic nitrogens is 3. The van der Waals surface area contributed by atoms with Gasteiger partial charge in [-0.05, 0) is 30.3 Å². The number of halogens is 2. The van der Waals surface area contributed by atoms with Gasteiger partial charge in [0.15, 0.2) is 10.3 Å². The van der Waals surface area contributed by atoms with E-state index in [0.717, 1.165) is 23.0 Å². The third kappa shape index (κ3) is 5.11. The Morgan fingerprint density at radius 2 is 1.74 bits per heavy atom. The first-order valence-electron chi connectivity index (χ1n) is 10.4. The van der Waals surface area contributed by atoms with Crippen molar-refractivity contribution in [2.45, 2.75) is 5.16 Å². The summed E-state index contributed by atoms with van der Waals surface area (Å²) >= 11 is 14.8. The Kier molecular flexibility index (Phi) is 6.88. The summed E-state index contributed by atoms with van der Waals surface area (Å²) in [4.78, 5) is 35.2. The van der Waals surface area contributed by atoms with Crippen LogP contribution < -0.4 is 10.9 Å². The first-order chi connectivity index (χ1) is 17.0. The van der Waals surface area contributed by atoms with Crippen LogP contribution >= 0.6 is 46.3 Å². The molecule has 5 rings (SSSR count). The Morgan fingerprint density at radius 1 is 0.971 bits per heavy atom. The largest absolute Gasteiger partial charge is 0.301 e. The number of hydrogen-bond donors (Lipinski definition) is 1. The van der Waals surface area contributed by atoms with Gasteiger partial charge in [-0.3, -0.25) is 14.2 Å². The molecule has 1 N–H and O–H groups in total. The van der Waals surface area contributed by atoms with E-state index in [1.165, 1.54) is 15.9 Å². The van der Waals surface area contributed by atoms with Gasteiger partial charge in [0.1, 0.15) is 0 Å². The Morgan fingerprint density at radius 3 is 2.54 bits per heavy atom. The molecule has 2 heterocycles. The number of nitrogens with zero attached hydrogens (tertiary/aromatic N) is 3. The molecular weight excluding hydrogens is 523 g/mol. The normalized spacial score (nSPS) is 11.0. The van der Waals surface area contributed by atoms with Crippen molar-refractivity contribution in [2.24, 2.45) is 0 Å². The molecule has 0 aliphatic heterocycles.